The first-order valence-electron chi connectivity index (χ1n) is 8.53. The lowest BCUT2D eigenvalue weighted by molar-refractivity contribution is -0.154. The third kappa shape index (κ3) is 7.56. The Kier molecular flexibility index (Phi) is 9.56. The lowest BCUT2D eigenvalue weighted by Gasteiger charge is -2.22. The van der Waals surface area contributed by atoms with Gasteiger partial charge >= 0.3 is 6.18 Å². The monoisotopic (exact) mass is 511 g/mol. The summed E-state index contributed by atoms with van der Waals surface area (Å²) in [4.78, 5) is 10.4. The standard InChI is InChI=1S/C18H24F3N5O.HI/c1-4-22-17(26(3)12-15-8-6-10-25(15)2)24-11-14-7-5-9-23-16(14)27-13-18(19,20)21;/h5-10H,4,11-13H2,1-3H3,(H,22,24);1H. The second-order valence-electron chi connectivity index (χ2n) is 6.01. The minimum atomic E-state index is -4.41. The van der Waals surface area contributed by atoms with Gasteiger partial charge in [0.15, 0.2) is 12.6 Å². The molecule has 10 heteroatoms. The van der Waals surface area contributed by atoms with Crippen LogP contribution < -0.4 is 10.1 Å². The van der Waals surface area contributed by atoms with Gasteiger partial charge in [-0.3, -0.25) is 0 Å². The molecule has 0 aliphatic rings. The van der Waals surface area contributed by atoms with Crippen molar-refractivity contribution in [3.05, 3.63) is 47.9 Å². The lowest BCUT2D eigenvalue weighted by Crippen LogP contribution is -2.38. The number of ether oxygens (including phenoxy) is 1. The van der Waals surface area contributed by atoms with Gasteiger partial charge in [-0.1, -0.05) is 6.07 Å². The molecule has 0 saturated carbocycles. The molecular formula is C18H25F3IN5O. The first kappa shape index (κ1) is 24.1. The van der Waals surface area contributed by atoms with Gasteiger partial charge in [-0.2, -0.15) is 13.2 Å². The number of guanidine groups is 1. The third-order valence-electron chi connectivity index (χ3n) is 3.77. The summed E-state index contributed by atoms with van der Waals surface area (Å²) in [6.45, 7) is 2.03. The van der Waals surface area contributed by atoms with Crippen LogP contribution in [-0.4, -0.2) is 46.8 Å². The van der Waals surface area contributed by atoms with Gasteiger partial charge in [0.2, 0.25) is 5.88 Å². The lowest BCUT2D eigenvalue weighted by atomic mass is 10.3. The molecule has 156 valence electrons. The van der Waals surface area contributed by atoms with E-state index in [-0.39, 0.29) is 36.4 Å². The zero-order chi connectivity index (χ0) is 19.9. The molecule has 0 fully saturated rings. The Bertz CT molecular complexity index is 764. The molecule has 0 amide bonds. The Hall–Kier alpha value is -1.98. The molecule has 0 bridgehead atoms. The van der Waals surface area contributed by atoms with Crippen LogP contribution in [0.5, 0.6) is 5.88 Å². The summed E-state index contributed by atoms with van der Waals surface area (Å²) in [5.74, 6) is 0.587. The molecule has 0 radical (unpaired) electrons. The van der Waals surface area contributed by atoms with Crippen LogP contribution in [0, 0.1) is 0 Å². The minimum Gasteiger partial charge on any atom is -0.468 e. The smallest absolute Gasteiger partial charge is 0.422 e. The summed E-state index contributed by atoms with van der Waals surface area (Å²) in [6, 6.07) is 7.28. The Morgan fingerprint density at radius 2 is 2.07 bits per heavy atom. The van der Waals surface area contributed by atoms with Gasteiger partial charge in [0, 0.05) is 44.3 Å². The molecule has 0 atom stereocenters. The van der Waals surface area contributed by atoms with Crippen molar-refractivity contribution in [2.75, 3.05) is 20.2 Å². The summed E-state index contributed by atoms with van der Waals surface area (Å²) in [7, 11) is 3.87. The fourth-order valence-electron chi connectivity index (χ4n) is 2.43. The van der Waals surface area contributed by atoms with E-state index in [4.69, 9.17) is 4.74 Å². The number of aryl methyl sites for hydroxylation is 1. The Labute approximate surface area is 179 Å². The number of nitrogens with one attached hydrogen (secondary N) is 1. The molecular weight excluding hydrogens is 486 g/mol. The van der Waals surface area contributed by atoms with Crippen molar-refractivity contribution in [2.45, 2.75) is 26.2 Å². The topological polar surface area (TPSA) is 54.7 Å². The normalized spacial score (nSPS) is 11.7. The Balaban J connectivity index is 0.00000392. The molecule has 2 aromatic heterocycles. The van der Waals surface area contributed by atoms with E-state index in [9.17, 15) is 13.2 Å². The van der Waals surface area contributed by atoms with Gasteiger partial charge in [0.25, 0.3) is 0 Å². The Morgan fingerprint density at radius 1 is 1.32 bits per heavy atom. The predicted octanol–water partition coefficient (Wildman–Crippen LogP) is 3.58. The van der Waals surface area contributed by atoms with Crippen molar-refractivity contribution in [1.29, 1.82) is 0 Å². The predicted molar refractivity (Wildman–Crippen MR) is 113 cm³/mol. The van der Waals surface area contributed by atoms with Crippen LogP contribution in [-0.2, 0) is 20.1 Å². The molecule has 0 aliphatic heterocycles. The number of nitrogens with zero attached hydrogens (tertiary/aromatic N) is 4. The van der Waals surface area contributed by atoms with E-state index >= 15 is 0 Å². The number of pyridine rings is 1. The number of halogens is 4. The van der Waals surface area contributed by atoms with Crippen LogP contribution in [0.15, 0.2) is 41.7 Å². The number of rotatable bonds is 7. The number of aliphatic imine (C=N–C) groups is 1. The molecule has 2 rings (SSSR count). The molecule has 0 unspecified atom stereocenters. The highest BCUT2D eigenvalue weighted by Gasteiger charge is 2.29. The van der Waals surface area contributed by atoms with Crippen molar-refractivity contribution in [3.63, 3.8) is 0 Å². The van der Waals surface area contributed by atoms with Gasteiger partial charge in [-0.25, -0.2) is 9.98 Å². The highest BCUT2D eigenvalue weighted by molar-refractivity contribution is 14.0. The molecule has 0 aromatic carbocycles. The van der Waals surface area contributed by atoms with E-state index in [1.54, 1.807) is 12.1 Å². The van der Waals surface area contributed by atoms with Gasteiger partial charge < -0.3 is 19.5 Å². The first-order valence-corrected chi connectivity index (χ1v) is 8.53. The van der Waals surface area contributed by atoms with Crippen molar-refractivity contribution >= 4 is 29.9 Å². The summed E-state index contributed by atoms with van der Waals surface area (Å²) in [6.07, 6.45) is -1.05. The number of aromatic nitrogens is 2. The summed E-state index contributed by atoms with van der Waals surface area (Å²) >= 11 is 0. The largest absolute Gasteiger partial charge is 0.468 e. The maximum absolute atomic E-state index is 12.4. The first-order chi connectivity index (χ1) is 12.8. The molecule has 1 N–H and O–H groups in total. The van der Waals surface area contributed by atoms with E-state index in [0.29, 0.717) is 24.6 Å². The van der Waals surface area contributed by atoms with E-state index in [2.05, 4.69) is 15.3 Å². The number of alkyl halides is 3. The van der Waals surface area contributed by atoms with E-state index in [1.807, 2.05) is 48.8 Å². The number of hydrogen-bond acceptors (Lipinski definition) is 3. The SMILES string of the molecule is CCNC(=NCc1cccnc1OCC(F)(F)F)N(C)Cc1cccn1C.I. The van der Waals surface area contributed by atoms with Gasteiger partial charge in [-0.15, -0.1) is 24.0 Å². The second-order valence-corrected chi connectivity index (χ2v) is 6.01. The van der Waals surface area contributed by atoms with E-state index in [0.717, 1.165) is 5.69 Å². The average molecular weight is 511 g/mol. The highest BCUT2D eigenvalue weighted by Crippen LogP contribution is 2.20. The third-order valence-corrected chi connectivity index (χ3v) is 3.77. The molecule has 2 heterocycles. The van der Waals surface area contributed by atoms with Gasteiger partial charge in [0.1, 0.15) is 0 Å². The van der Waals surface area contributed by atoms with Crippen LogP contribution in [0.1, 0.15) is 18.2 Å². The molecule has 6 nitrogen and oxygen atoms in total. The maximum Gasteiger partial charge on any atom is 0.422 e. The zero-order valence-electron chi connectivity index (χ0n) is 16.0. The second kappa shape index (κ2) is 11.1. The summed E-state index contributed by atoms with van der Waals surface area (Å²) < 4.78 is 44.1. The minimum absolute atomic E-state index is 0. The summed E-state index contributed by atoms with van der Waals surface area (Å²) in [5, 5.41) is 3.19. The molecule has 0 spiro atoms. The molecule has 28 heavy (non-hydrogen) atoms. The van der Waals surface area contributed by atoms with Crippen molar-refractivity contribution in [2.24, 2.45) is 12.0 Å². The van der Waals surface area contributed by atoms with Crippen LogP contribution in [0.3, 0.4) is 0 Å². The fourth-order valence-corrected chi connectivity index (χ4v) is 2.43. The molecule has 0 aliphatic carbocycles. The van der Waals surface area contributed by atoms with Crippen LogP contribution in [0.4, 0.5) is 13.2 Å². The van der Waals surface area contributed by atoms with E-state index < -0.39 is 12.8 Å². The summed E-state index contributed by atoms with van der Waals surface area (Å²) in [5.41, 5.74) is 1.60. The van der Waals surface area contributed by atoms with Crippen LogP contribution in [0.2, 0.25) is 0 Å². The molecule has 2 aromatic rings. The number of hydrogen-bond donors (Lipinski definition) is 1. The zero-order valence-corrected chi connectivity index (χ0v) is 18.4. The fraction of sp³-hybridized carbons (Fsp3) is 0.444. The quantitative estimate of drug-likeness (QED) is 0.351. The molecule has 0 saturated heterocycles. The Morgan fingerprint density at radius 3 is 2.68 bits per heavy atom. The highest BCUT2D eigenvalue weighted by atomic mass is 127. The van der Waals surface area contributed by atoms with Gasteiger partial charge in [-0.05, 0) is 25.1 Å². The van der Waals surface area contributed by atoms with Crippen molar-refractivity contribution < 1.29 is 17.9 Å². The van der Waals surface area contributed by atoms with Gasteiger partial charge in [0.05, 0.1) is 13.1 Å². The van der Waals surface area contributed by atoms with E-state index in [1.165, 1.54) is 6.20 Å². The maximum atomic E-state index is 12.4. The van der Waals surface area contributed by atoms with Crippen LogP contribution >= 0.6 is 24.0 Å². The van der Waals surface area contributed by atoms with Crippen molar-refractivity contribution in [3.8, 4) is 5.88 Å². The van der Waals surface area contributed by atoms with Crippen molar-refractivity contribution in [1.82, 2.24) is 19.8 Å². The van der Waals surface area contributed by atoms with Crippen LogP contribution in [0.25, 0.3) is 0 Å². The average Bonchev–Trinajstić information content (AvgIpc) is 3.01.